The van der Waals surface area contributed by atoms with Crippen LogP contribution in [0.15, 0.2) is 30.5 Å². The van der Waals surface area contributed by atoms with Crippen LogP contribution in [0.1, 0.15) is 47.2 Å². The van der Waals surface area contributed by atoms with E-state index in [1.807, 2.05) is 17.9 Å². The number of nitrogens with zero attached hydrogens (tertiary/aromatic N) is 3. The first-order valence-electron chi connectivity index (χ1n) is 9.48. The Morgan fingerprint density at radius 1 is 1.23 bits per heavy atom. The van der Waals surface area contributed by atoms with Gasteiger partial charge in [0.25, 0.3) is 0 Å². The number of carbonyl (C=O) groups is 1. The zero-order valence-electron chi connectivity index (χ0n) is 15.3. The molecule has 5 heteroatoms. The SMILES string of the molecule is Cc1nccc([C@H]2CN(C(=O)Cc3ccc4c(c3)CCCC4)CCO2)n1. The quantitative estimate of drug-likeness (QED) is 0.853. The van der Waals surface area contributed by atoms with Crippen LogP contribution in [0.2, 0.25) is 0 Å². The van der Waals surface area contributed by atoms with E-state index in [0.717, 1.165) is 23.5 Å². The number of morpholine rings is 1. The molecule has 2 heterocycles. The number of hydrogen-bond acceptors (Lipinski definition) is 4. The molecule has 1 aliphatic heterocycles. The van der Waals surface area contributed by atoms with Gasteiger partial charge < -0.3 is 9.64 Å². The second-order valence-electron chi connectivity index (χ2n) is 7.21. The minimum atomic E-state index is -0.169. The van der Waals surface area contributed by atoms with Crippen molar-refractivity contribution >= 4 is 5.91 Å². The van der Waals surface area contributed by atoms with Crippen LogP contribution < -0.4 is 0 Å². The molecule has 2 aliphatic rings. The molecule has 0 N–H and O–H groups in total. The Labute approximate surface area is 154 Å². The van der Waals surface area contributed by atoms with Gasteiger partial charge in [0.15, 0.2) is 0 Å². The Balaban J connectivity index is 1.43. The molecule has 0 saturated carbocycles. The van der Waals surface area contributed by atoms with E-state index in [0.29, 0.717) is 26.1 Å². The van der Waals surface area contributed by atoms with E-state index in [2.05, 4.69) is 28.2 Å². The normalized spacial score (nSPS) is 19.9. The van der Waals surface area contributed by atoms with Crippen molar-refractivity contribution in [1.29, 1.82) is 0 Å². The molecule has 0 unspecified atom stereocenters. The highest BCUT2D eigenvalue weighted by molar-refractivity contribution is 5.79. The minimum absolute atomic E-state index is 0.167. The third-order valence-corrected chi connectivity index (χ3v) is 5.31. The molecule has 1 atom stereocenters. The molecule has 0 bridgehead atoms. The van der Waals surface area contributed by atoms with Crippen molar-refractivity contribution in [2.75, 3.05) is 19.7 Å². The molecule has 0 spiro atoms. The maximum atomic E-state index is 12.8. The molecular formula is C21H25N3O2. The largest absolute Gasteiger partial charge is 0.368 e. The lowest BCUT2D eigenvalue weighted by atomic mass is 9.90. The lowest BCUT2D eigenvalue weighted by molar-refractivity contribution is -0.138. The second-order valence-corrected chi connectivity index (χ2v) is 7.21. The van der Waals surface area contributed by atoms with Crippen molar-refractivity contribution in [1.82, 2.24) is 14.9 Å². The average molecular weight is 351 g/mol. The lowest BCUT2D eigenvalue weighted by Gasteiger charge is -2.33. The lowest BCUT2D eigenvalue weighted by Crippen LogP contribution is -2.43. The predicted octanol–water partition coefficient (Wildman–Crippen LogP) is 2.81. The van der Waals surface area contributed by atoms with Gasteiger partial charge in [-0.05, 0) is 55.4 Å². The number of aryl methyl sites for hydroxylation is 3. The van der Waals surface area contributed by atoms with Crippen molar-refractivity contribution in [2.45, 2.75) is 45.1 Å². The third kappa shape index (κ3) is 3.78. The van der Waals surface area contributed by atoms with Gasteiger partial charge in [0.1, 0.15) is 11.9 Å². The van der Waals surface area contributed by atoms with Gasteiger partial charge in [-0.1, -0.05) is 18.2 Å². The van der Waals surface area contributed by atoms with Crippen LogP contribution in [0.5, 0.6) is 0 Å². The van der Waals surface area contributed by atoms with E-state index < -0.39 is 0 Å². The molecule has 0 radical (unpaired) electrons. The van der Waals surface area contributed by atoms with E-state index in [-0.39, 0.29) is 12.0 Å². The molecule has 1 fully saturated rings. The number of ether oxygens (including phenoxy) is 1. The summed E-state index contributed by atoms with van der Waals surface area (Å²) in [5.74, 6) is 0.892. The van der Waals surface area contributed by atoms with E-state index in [9.17, 15) is 4.79 Å². The molecule has 1 aromatic carbocycles. The van der Waals surface area contributed by atoms with Crippen LogP contribution in [-0.4, -0.2) is 40.5 Å². The van der Waals surface area contributed by atoms with Gasteiger partial charge in [0.2, 0.25) is 5.91 Å². The smallest absolute Gasteiger partial charge is 0.227 e. The predicted molar refractivity (Wildman–Crippen MR) is 98.8 cm³/mol. The van der Waals surface area contributed by atoms with Crippen molar-refractivity contribution < 1.29 is 9.53 Å². The zero-order chi connectivity index (χ0) is 17.9. The topological polar surface area (TPSA) is 55.3 Å². The van der Waals surface area contributed by atoms with E-state index >= 15 is 0 Å². The summed E-state index contributed by atoms with van der Waals surface area (Å²) in [4.78, 5) is 23.3. The molecule has 2 aromatic rings. The van der Waals surface area contributed by atoms with Gasteiger partial charge in [0, 0.05) is 12.7 Å². The Morgan fingerprint density at radius 3 is 2.92 bits per heavy atom. The first-order chi connectivity index (χ1) is 12.7. The molecule has 1 saturated heterocycles. The van der Waals surface area contributed by atoms with Crippen LogP contribution in [-0.2, 0) is 28.8 Å². The Bertz CT molecular complexity index is 806. The van der Waals surface area contributed by atoms with Crippen molar-refractivity contribution in [3.8, 4) is 0 Å². The number of hydrogen-bond donors (Lipinski definition) is 0. The molecule has 136 valence electrons. The first kappa shape index (κ1) is 17.2. The highest BCUT2D eigenvalue weighted by Gasteiger charge is 2.26. The summed E-state index contributed by atoms with van der Waals surface area (Å²) in [5, 5.41) is 0. The van der Waals surface area contributed by atoms with Gasteiger partial charge in [0.05, 0.1) is 25.3 Å². The van der Waals surface area contributed by atoms with Gasteiger partial charge in [-0.25, -0.2) is 9.97 Å². The third-order valence-electron chi connectivity index (χ3n) is 5.31. The van der Waals surface area contributed by atoms with Crippen LogP contribution >= 0.6 is 0 Å². The molecular weight excluding hydrogens is 326 g/mol. The van der Waals surface area contributed by atoms with Crippen LogP contribution in [0, 0.1) is 6.92 Å². The number of carbonyl (C=O) groups excluding carboxylic acids is 1. The Morgan fingerprint density at radius 2 is 2.08 bits per heavy atom. The molecule has 5 nitrogen and oxygen atoms in total. The number of amides is 1. The maximum Gasteiger partial charge on any atom is 0.227 e. The van der Waals surface area contributed by atoms with Crippen LogP contribution in [0.25, 0.3) is 0 Å². The van der Waals surface area contributed by atoms with Crippen molar-refractivity contribution in [2.24, 2.45) is 0 Å². The second kappa shape index (κ2) is 7.54. The highest BCUT2D eigenvalue weighted by Crippen LogP contribution is 2.24. The molecule has 26 heavy (non-hydrogen) atoms. The summed E-state index contributed by atoms with van der Waals surface area (Å²) in [6.45, 7) is 3.61. The summed E-state index contributed by atoms with van der Waals surface area (Å²) < 4.78 is 5.84. The number of fused-ring (bicyclic) bond motifs is 1. The fourth-order valence-electron chi connectivity index (χ4n) is 3.89. The summed E-state index contributed by atoms with van der Waals surface area (Å²) in [5.41, 5.74) is 4.86. The summed E-state index contributed by atoms with van der Waals surface area (Å²) >= 11 is 0. The molecule has 1 amide bonds. The van der Waals surface area contributed by atoms with E-state index in [1.54, 1.807) is 6.20 Å². The number of aromatic nitrogens is 2. The maximum absolute atomic E-state index is 12.8. The Kier molecular flexibility index (Phi) is 4.98. The minimum Gasteiger partial charge on any atom is -0.368 e. The number of benzene rings is 1. The standard InChI is InChI=1S/C21H25N3O2/c1-15-22-9-8-19(23-15)20-14-24(10-11-26-20)21(25)13-16-6-7-17-4-2-3-5-18(17)12-16/h6-9,12,20H,2-5,10-11,13-14H2,1H3/t20-/m1/s1. The van der Waals surface area contributed by atoms with Gasteiger partial charge in [-0.15, -0.1) is 0 Å². The summed E-state index contributed by atoms with van der Waals surface area (Å²) in [7, 11) is 0. The monoisotopic (exact) mass is 351 g/mol. The zero-order valence-corrected chi connectivity index (χ0v) is 15.3. The summed E-state index contributed by atoms with van der Waals surface area (Å²) in [6, 6.07) is 8.43. The number of rotatable bonds is 3. The first-order valence-corrected chi connectivity index (χ1v) is 9.48. The highest BCUT2D eigenvalue weighted by atomic mass is 16.5. The molecule has 1 aromatic heterocycles. The van der Waals surface area contributed by atoms with Gasteiger partial charge in [-0.3, -0.25) is 4.79 Å². The van der Waals surface area contributed by atoms with Crippen LogP contribution in [0.3, 0.4) is 0 Å². The fraction of sp³-hybridized carbons (Fsp3) is 0.476. The molecule has 1 aliphatic carbocycles. The average Bonchev–Trinajstić information content (AvgIpc) is 2.68. The van der Waals surface area contributed by atoms with Crippen LogP contribution in [0.4, 0.5) is 0 Å². The van der Waals surface area contributed by atoms with Crippen molar-refractivity contribution in [3.63, 3.8) is 0 Å². The van der Waals surface area contributed by atoms with Gasteiger partial charge >= 0.3 is 0 Å². The van der Waals surface area contributed by atoms with Crippen molar-refractivity contribution in [3.05, 3.63) is 58.7 Å². The van der Waals surface area contributed by atoms with Gasteiger partial charge in [-0.2, -0.15) is 0 Å². The Hall–Kier alpha value is -2.27. The van der Waals surface area contributed by atoms with E-state index in [1.165, 1.54) is 30.4 Å². The fourth-order valence-corrected chi connectivity index (χ4v) is 3.89. The van der Waals surface area contributed by atoms with E-state index in [4.69, 9.17) is 4.74 Å². The molecule has 4 rings (SSSR count). The summed E-state index contributed by atoms with van der Waals surface area (Å²) in [6.07, 6.45) is 6.89.